The number of amides is 1. The van der Waals surface area contributed by atoms with E-state index in [-0.39, 0.29) is 24.0 Å². The third kappa shape index (κ3) is 2.98. The second kappa shape index (κ2) is 6.48. The molecule has 2 aromatic rings. The summed E-state index contributed by atoms with van der Waals surface area (Å²) >= 11 is 1.38. The van der Waals surface area contributed by atoms with Crippen LogP contribution in [0.4, 0.5) is 10.8 Å². The molecule has 7 heteroatoms. The van der Waals surface area contributed by atoms with Crippen LogP contribution in [-0.4, -0.2) is 28.3 Å². The Bertz CT molecular complexity index is 888. The minimum Gasteiger partial charge on any atom is -0.489 e. The summed E-state index contributed by atoms with van der Waals surface area (Å²) < 4.78 is 6.44. The standard InChI is InChI=1S/C20H24N4O2S/c1-11-5-8-14-16(24(11)19(25)12-6-7-12)10-9-15(18-22-23-20(21)27-18)17(14)26-13-3-2-4-13/h9-13H,2-8H2,1H3,(H2,21,23)/t11-/m0/s1. The summed E-state index contributed by atoms with van der Waals surface area (Å²) in [4.78, 5) is 15.0. The van der Waals surface area contributed by atoms with Crippen molar-refractivity contribution in [2.75, 3.05) is 10.6 Å². The molecule has 1 aromatic heterocycles. The van der Waals surface area contributed by atoms with Crippen LogP contribution in [0.3, 0.4) is 0 Å². The van der Waals surface area contributed by atoms with Crippen molar-refractivity contribution < 1.29 is 9.53 Å². The minimum absolute atomic E-state index is 0.206. The molecule has 27 heavy (non-hydrogen) atoms. The fraction of sp³-hybridized carbons (Fsp3) is 0.550. The Morgan fingerprint density at radius 3 is 2.67 bits per heavy atom. The number of fused-ring (bicyclic) bond motifs is 1. The van der Waals surface area contributed by atoms with E-state index in [2.05, 4.69) is 23.2 Å². The predicted molar refractivity (Wildman–Crippen MR) is 106 cm³/mol. The molecule has 2 aliphatic carbocycles. The van der Waals surface area contributed by atoms with E-state index in [9.17, 15) is 4.79 Å². The zero-order valence-electron chi connectivity index (χ0n) is 15.5. The minimum atomic E-state index is 0.206. The number of aromatic nitrogens is 2. The molecule has 2 saturated carbocycles. The predicted octanol–water partition coefficient (Wildman–Crippen LogP) is 3.80. The first-order valence-electron chi connectivity index (χ1n) is 9.87. The van der Waals surface area contributed by atoms with E-state index >= 15 is 0 Å². The largest absolute Gasteiger partial charge is 0.489 e. The molecule has 1 amide bonds. The maximum Gasteiger partial charge on any atom is 0.230 e. The van der Waals surface area contributed by atoms with E-state index in [1.165, 1.54) is 17.8 Å². The number of carbonyl (C=O) groups excluding carboxylic acids is 1. The summed E-state index contributed by atoms with van der Waals surface area (Å²) in [5.74, 6) is 1.36. The molecule has 1 aromatic carbocycles. The molecule has 6 nitrogen and oxygen atoms in total. The molecule has 1 aliphatic heterocycles. The highest BCUT2D eigenvalue weighted by atomic mass is 32.1. The molecule has 2 N–H and O–H groups in total. The first-order chi connectivity index (χ1) is 13.1. The van der Waals surface area contributed by atoms with Gasteiger partial charge in [0.1, 0.15) is 5.75 Å². The SMILES string of the molecule is C[C@H]1CCc2c(ccc(-c3nnc(N)s3)c2OC2CCC2)N1C(=O)C1CC1. The molecule has 0 bridgehead atoms. The third-order valence-corrected chi connectivity index (χ3v) is 6.71. The Hall–Kier alpha value is -2.15. The molecule has 0 spiro atoms. The summed E-state index contributed by atoms with van der Waals surface area (Å²) in [5, 5.41) is 9.45. The van der Waals surface area contributed by atoms with Crippen molar-refractivity contribution in [3.63, 3.8) is 0 Å². The van der Waals surface area contributed by atoms with Crippen molar-refractivity contribution in [3.05, 3.63) is 17.7 Å². The van der Waals surface area contributed by atoms with Gasteiger partial charge in [-0.3, -0.25) is 4.79 Å². The number of benzene rings is 1. The molecule has 0 radical (unpaired) electrons. The maximum absolute atomic E-state index is 12.9. The zero-order chi connectivity index (χ0) is 18.5. The molecular weight excluding hydrogens is 360 g/mol. The van der Waals surface area contributed by atoms with E-state index in [1.54, 1.807) is 0 Å². The lowest BCUT2D eigenvalue weighted by molar-refractivity contribution is -0.120. The molecule has 5 rings (SSSR count). The number of carbonyl (C=O) groups is 1. The Labute approximate surface area is 162 Å². The smallest absolute Gasteiger partial charge is 0.230 e. The van der Waals surface area contributed by atoms with Gasteiger partial charge in [-0.1, -0.05) is 11.3 Å². The summed E-state index contributed by atoms with van der Waals surface area (Å²) in [6.07, 6.45) is 7.54. The fourth-order valence-corrected chi connectivity index (χ4v) is 4.60. The molecule has 0 saturated heterocycles. The molecule has 0 unspecified atom stereocenters. The van der Waals surface area contributed by atoms with Crippen molar-refractivity contribution in [1.29, 1.82) is 0 Å². The highest BCUT2D eigenvalue weighted by Gasteiger charge is 2.39. The van der Waals surface area contributed by atoms with Gasteiger partial charge in [0, 0.05) is 17.5 Å². The zero-order valence-corrected chi connectivity index (χ0v) is 16.3. The molecule has 3 aliphatic rings. The maximum atomic E-state index is 12.9. The Kier molecular flexibility index (Phi) is 4.07. The van der Waals surface area contributed by atoms with Crippen LogP contribution in [0, 0.1) is 5.92 Å². The fourth-order valence-electron chi connectivity index (χ4n) is 3.97. The monoisotopic (exact) mass is 384 g/mol. The summed E-state index contributed by atoms with van der Waals surface area (Å²) in [6, 6.07) is 4.31. The molecule has 1 atom stereocenters. The average molecular weight is 385 g/mol. The number of hydrogen-bond acceptors (Lipinski definition) is 6. The number of nitrogens with two attached hydrogens (primary N) is 1. The van der Waals surface area contributed by atoms with Crippen LogP contribution in [0.25, 0.3) is 10.6 Å². The normalized spacial score (nSPS) is 22.3. The van der Waals surface area contributed by atoms with Crippen LogP contribution < -0.4 is 15.4 Å². The van der Waals surface area contributed by atoms with Crippen LogP contribution in [0.15, 0.2) is 12.1 Å². The summed E-state index contributed by atoms with van der Waals surface area (Å²) in [5.41, 5.74) is 8.92. The van der Waals surface area contributed by atoms with Gasteiger partial charge in [-0.15, -0.1) is 10.2 Å². The van der Waals surface area contributed by atoms with Crippen LogP contribution >= 0.6 is 11.3 Å². The number of hydrogen-bond donors (Lipinski definition) is 1. The number of ether oxygens (including phenoxy) is 1. The van der Waals surface area contributed by atoms with Crippen molar-refractivity contribution in [1.82, 2.24) is 10.2 Å². The van der Waals surface area contributed by atoms with Gasteiger partial charge in [-0.2, -0.15) is 0 Å². The van der Waals surface area contributed by atoms with E-state index < -0.39 is 0 Å². The Balaban J connectivity index is 1.61. The Morgan fingerprint density at radius 1 is 1.22 bits per heavy atom. The molecule has 2 heterocycles. The quantitative estimate of drug-likeness (QED) is 0.867. The van der Waals surface area contributed by atoms with E-state index in [1.807, 2.05) is 11.0 Å². The van der Waals surface area contributed by atoms with Crippen molar-refractivity contribution in [2.45, 2.75) is 64.0 Å². The van der Waals surface area contributed by atoms with Gasteiger partial charge >= 0.3 is 0 Å². The van der Waals surface area contributed by atoms with Crippen molar-refractivity contribution in [2.24, 2.45) is 5.92 Å². The first kappa shape index (κ1) is 17.0. The average Bonchev–Trinajstić information content (AvgIpc) is 3.38. The Morgan fingerprint density at radius 2 is 2.04 bits per heavy atom. The molecular formula is C20H24N4O2S. The van der Waals surface area contributed by atoms with Crippen LogP contribution in [-0.2, 0) is 11.2 Å². The van der Waals surface area contributed by atoms with Gasteiger partial charge in [-0.05, 0) is 64.0 Å². The summed E-state index contributed by atoms with van der Waals surface area (Å²) in [7, 11) is 0. The second-order valence-electron chi connectivity index (χ2n) is 7.93. The number of rotatable bonds is 4. The number of nitrogen functional groups attached to an aromatic ring is 1. The first-order valence-corrected chi connectivity index (χ1v) is 10.7. The second-order valence-corrected chi connectivity index (χ2v) is 8.94. The lowest BCUT2D eigenvalue weighted by atomic mass is 9.92. The van der Waals surface area contributed by atoms with Gasteiger partial charge < -0.3 is 15.4 Å². The van der Waals surface area contributed by atoms with Gasteiger partial charge in [0.05, 0.1) is 17.4 Å². The van der Waals surface area contributed by atoms with Crippen molar-refractivity contribution in [3.8, 4) is 16.3 Å². The van der Waals surface area contributed by atoms with Crippen LogP contribution in [0.1, 0.15) is 51.0 Å². The molecule has 2 fully saturated rings. The number of nitrogens with zero attached hydrogens (tertiary/aromatic N) is 3. The molecule has 142 valence electrons. The lowest BCUT2D eigenvalue weighted by Crippen LogP contribution is -2.43. The van der Waals surface area contributed by atoms with E-state index in [4.69, 9.17) is 10.5 Å². The van der Waals surface area contributed by atoms with Crippen molar-refractivity contribution >= 4 is 28.1 Å². The van der Waals surface area contributed by atoms with E-state index in [0.29, 0.717) is 5.13 Å². The third-order valence-electron chi connectivity index (χ3n) is 5.92. The van der Waals surface area contributed by atoms with Crippen LogP contribution in [0.2, 0.25) is 0 Å². The van der Waals surface area contributed by atoms with Gasteiger partial charge in [0.25, 0.3) is 0 Å². The van der Waals surface area contributed by atoms with Crippen LogP contribution in [0.5, 0.6) is 5.75 Å². The number of anilines is 2. The lowest BCUT2D eigenvalue weighted by Gasteiger charge is -2.38. The van der Waals surface area contributed by atoms with Gasteiger partial charge in [0.15, 0.2) is 5.01 Å². The highest BCUT2D eigenvalue weighted by Crippen LogP contribution is 2.46. The van der Waals surface area contributed by atoms with Gasteiger partial charge in [-0.25, -0.2) is 0 Å². The van der Waals surface area contributed by atoms with E-state index in [0.717, 1.165) is 66.1 Å². The summed E-state index contributed by atoms with van der Waals surface area (Å²) in [6.45, 7) is 2.15. The highest BCUT2D eigenvalue weighted by molar-refractivity contribution is 7.18. The topological polar surface area (TPSA) is 81.3 Å². The van der Waals surface area contributed by atoms with Gasteiger partial charge in [0.2, 0.25) is 11.0 Å².